The van der Waals surface area contributed by atoms with Crippen LogP contribution in [0.1, 0.15) is 25.8 Å². The molecule has 1 amide bonds. The zero-order chi connectivity index (χ0) is 17.4. The summed E-state index contributed by atoms with van der Waals surface area (Å²) in [6, 6.07) is 15.3. The van der Waals surface area contributed by atoms with E-state index in [4.69, 9.17) is 16.3 Å². The number of hydrogen-bond donors (Lipinski definition) is 1. The second kappa shape index (κ2) is 9.60. The maximum atomic E-state index is 12.5. The molecule has 0 aliphatic carbocycles. The summed E-state index contributed by atoms with van der Waals surface area (Å²) in [7, 11) is 0. The van der Waals surface area contributed by atoms with Crippen molar-refractivity contribution in [1.82, 2.24) is 5.32 Å². The molecular weight excluding hydrogens is 342 g/mol. The second-order valence-electron chi connectivity index (χ2n) is 5.23. The molecule has 1 N–H and O–H groups in total. The Morgan fingerprint density at radius 1 is 1.17 bits per heavy atom. The molecule has 0 aliphatic heterocycles. The third-order valence-electron chi connectivity index (χ3n) is 3.48. The predicted molar refractivity (Wildman–Crippen MR) is 101 cm³/mol. The van der Waals surface area contributed by atoms with Crippen molar-refractivity contribution in [2.45, 2.75) is 37.0 Å². The lowest BCUT2D eigenvalue weighted by Gasteiger charge is -2.16. The molecule has 0 bridgehead atoms. The van der Waals surface area contributed by atoms with Gasteiger partial charge in [0.2, 0.25) is 5.91 Å². The molecule has 3 nitrogen and oxygen atoms in total. The van der Waals surface area contributed by atoms with Crippen LogP contribution in [0.2, 0.25) is 5.02 Å². The number of hydrogen-bond acceptors (Lipinski definition) is 3. The highest BCUT2D eigenvalue weighted by atomic mass is 35.5. The average molecular weight is 364 g/mol. The molecule has 2 aromatic carbocycles. The van der Waals surface area contributed by atoms with Crippen LogP contribution in [0.25, 0.3) is 0 Å². The SMILES string of the molecule is CCOc1ccccc1CNC(=O)[C@@H](CC)Sc1ccc(Cl)cc1. The van der Waals surface area contributed by atoms with Crippen LogP contribution in [0.3, 0.4) is 0 Å². The summed E-state index contributed by atoms with van der Waals surface area (Å²) in [6.45, 7) is 5.04. The molecular formula is C19H22ClNO2S. The molecule has 0 saturated carbocycles. The summed E-state index contributed by atoms with van der Waals surface area (Å²) in [5.41, 5.74) is 0.985. The molecule has 0 fully saturated rings. The Bertz CT molecular complexity index is 661. The molecule has 5 heteroatoms. The van der Waals surface area contributed by atoms with Crippen LogP contribution in [0.4, 0.5) is 0 Å². The third kappa shape index (κ3) is 5.46. The van der Waals surface area contributed by atoms with Crippen molar-refractivity contribution in [3.8, 4) is 5.75 Å². The number of carbonyl (C=O) groups excluding carboxylic acids is 1. The number of carbonyl (C=O) groups is 1. The zero-order valence-corrected chi connectivity index (χ0v) is 15.5. The quantitative estimate of drug-likeness (QED) is 0.676. The number of nitrogens with one attached hydrogen (secondary N) is 1. The van der Waals surface area contributed by atoms with E-state index in [0.29, 0.717) is 18.2 Å². The Labute approximate surface area is 152 Å². The Hall–Kier alpha value is -1.65. The van der Waals surface area contributed by atoms with Gasteiger partial charge in [-0.2, -0.15) is 0 Å². The Morgan fingerprint density at radius 2 is 1.88 bits per heavy atom. The summed E-state index contributed by atoms with van der Waals surface area (Å²) in [5, 5.41) is 3.58. The van der Waals surface area contributed by atoms with Crippen molar-refractivity contribution >= 4 is 29.3 Å². The van der Waals surface area contributed by atoms with Gasteiger partial charge in [0.1, 0.15) is 5.75 Å². The lowest BCUT2D eigenvalue weighted by molar-refractivity contribution is -0.120. The predicted octanol–water partition coefficient (Wildman–Crippen LogP) is 4.93. The van der Waals surface area contributed by atoms with Gasteiger partial charge < -0.3 is 10.1 Å². The molecule has 2 rings (SSSR count). The molecule has 0 radical (unpaired) electrons. The molecule has 24 heavy (non-hydrogen) atoms. The van der Waals surface area contributed by atoms with Crippen LogP contribution >= 0.6 is 23.4 Å². The number of halogens is 1. The highest BCUT2D eigenvalue weighted by Gasteiger charge is 2.18. The largest absolute Gasteiger partial charge is 0.494 e. The molecule has 0 aliphatic rings. The lowest BCUT2D eigenvalue weighted by atomic mass is 10.2. The van der Waals surface area contributed by atoms with Crippen molar-refractivity contribution in [2.75, 3.05) is 6.61 Å². The van der Waals surface area contributed by atoms with Crippen LogP contribution in [-0.4, -0.2) is 17.8 Å². The van der Waals surface area contributed by atoms with Gasteiger partial charge in [0, 0.05) is 22.0 Å². The molecule has 0 saturated heterocycles. The average Bonchev–Trinajstić information content (AvgIpc) is 2.60. The number of rotatable bonds is 8. The zero-order valence-electron chi connectivity index (χ0n) is 13.9. The minimum atomic E-state index is -0.134. The van der Waals surface area contributed by atoms with Gasteiger partial charge in [0.25, 0.3) is 0 Å². The van der Waals surface area contributed by atoms with Gasteiger partial charge in [0.05, 0.1) is 11.9 Å². The Balaban J connectivity index is 1.96. The van der Waals surface area contributed by atoms with Gasteiger partial charge in [-0.25, -0.2) is 0 Å². The highest BCUT2D eigenvalue weighted by Crippen LogP contribution is 2.27. The van der Waals surface area contributed by atoms with Crippen molar-refractivity contribution < 1.29 is 9.53 Å². The van der Waals surface area contributed by atoms with Crippen LogP contribution < -0.4 is 10.1 Å². The van der Waals surface area contributed by atoms with Gasteiger partial charge in [-0.15, -0.1) is 11.8 Å². The molecule has 0 heterocycles. The maximum absolute atomic E-state index is 12.5. The summed E-state index contributed by atoms with van der Waals surface area (Å²) in [4.78, 5) is 13.5. The van der Waals surface area contributed by atoms with E-state index in [0.717, 1.165) is 22.6 Å². The minimum absolute atomic E-state index is 0.0313. The molecule has 0 unspecified atom stereocenters. The normalized spacial score (nSPS) is 11.8. The highest BCUT2D eigenvalue weighted by molar-refractivity contribution is 8.00. The number of benzene rings is 2. The minimum Gasteiger partial charge on any atom is -0.494 e. The van der Waals surface area contributed by atoms with Crippen molar-refractivity contribution in [1.29, 1.82) is 0 Å². The molecule has 128 valence electrons. The van der Waals surface area contributed by atoms with E-state index in [-0.39, 0.29) is 11.2 Å². The number of amides is 1. The van der Waals surface area contributed by atoms with E-state index in [2.05, 4.69) is 5.32 Å². The lowest BCUT2D eigenvalue weighted by Crippen LogP contribution is -2.32. The van der Waals surface area contributed by atoms with Gasteiger partial charge in [0.15, 0.2) is 0 Å². The van der Waals surface area contributed by atoms with Gasteiger partial charge in [-0.3, -0.25) is 4.79 Å². The summed E-state index contributed by atoms with van der Waals surface area (Å²) in [6.07, 6.45) is 0.756. The van der Waals surface area contributed by atoms with Crippen LogP contribution in [0, 0.1) is 0 Å². The first-order chi connectivity index (χ1) is 11.6. The standard InChI is InChI=1S/C19H22ClNO2S/c1-3-18(24-16-11-9-15(20)10-12-16)19(22)21-13-14-7-5-6-8-17(14)23-4-2/h5-12,18H,3-4,13H2,1-2H3,(H,21,22)/t18-/m1/s1. The van der Waals surface area contributed by atoms with E-state index in [1.54, 1.807) is 11.8 Å². The van der Waals surface area contributed by atoms with Crippen molar-refractivity contribution in [2.24, 2.45) is 0 Å². The van der Waals surface area contributed by atoms with E-state index in [9.17, 15) is 4.79 Å². The smallest absolute Gasteiger partial charge is 0.233 e. The van der Waals surface area contributed by atoms with E-state index in [1.807, 2.05) is 62.4 Å². The Morgan fingerprint density at radius 3 is 2.54 bits per heavy atom. The summed E-state index contributed by atoms with van der Waals surface area (Å²) in [5.74, 6) is 0.849. The van der Waals surface area contributed by atoms with Crippen LogP contribution in [-0.2, 0) is 11.3 Å². The number of para-hydroxylation sites is 1. The second-order valence-corrected chi connectivity index (χ2v) is 6.94. The summed E-state index contributed by atoms with van der Waals surface area (Å²) < 4.78 is 5.59. The first kappa shape index (κ1) is 18.7. The van der Waals surface area contributed by atoms with E-state index >= 15 is 0 Å². The summed E-state index contributed by atoms with van der Waals surface area (Å²) >= 11 is 7.46. The van der Waals surface area contributed by atoms with Crippen LogP contribution in [0.5, 0.6) is 5.75 Å². The first-order valence-electron chi connectivity index (χ1n) is 8.04. The fraction of sp³-hybridized carbons (Fsp3) is 0.316. The number of thioether (sulfide) groups is 1. The van der Waals surface area contributed by atoms with Gasteiger partial charge in [-0.05, 0) is 43.7 Å². The Kier molecular flexibility index (Phi) is 7.47. The molecule has 2 aromatic rings. The fourth-order valence-corrected chi connectivity index (χ4v) is 3.35. The van der Waals surface area contributed by atoms with Crippen LogP contribution in [0.15, 0.2) is 53.4 Å². The molecule has 1 atom stereocenters. The topological polar surface area (TPSA) is 38.3 Å². The van der Waals surface area contributed by atoms with Crippen molar-refractivity contribution in [3.63, 3.8) is 0 Å². The van der Waals surface area contributed by atoms with E-state index in [1.165, 1.54) is 0 Å². The molecule has 0 spiro atoms. The van der Waals surface area contributed by atoms with Gasteiger partial charge >= 0.3 is 0 Å². The number of ether oxygens (including phenoxy) is 1. The fourth-order valence-electron chi connectivity index (χ4n) is 2.24. The monoisotopic (exact) mass is 363 g/mol. The third-order valence-corrected chi connectivity index (χ3v) is 5.11. The molecule has 0 aromatic heterocycles. The first-order valence-corrected chi connectivity index (χ1v) is 9.30. The van der Waals surface area contributed by atoms with Crippen molar-refractivity contribution in [3.05, 3.63) is 59.1 Å². The van der Waals surface area contributed by atoms with Gasteiger partial charge in [-0.1, -0.05) is 36.7 Å². The van der Waals surface area contributed by atoms with E-state index < -0.39 is 0 Å². The maximum Gasteiger partial charge on any atom is 0.233 e.